The van der Waals surface area contributed by atoms with Crippen molar-refractivity contribution >= 4 is 5.78 Å². The molecule has 3 rings (SSSR count). The molecule has 2 heterocycles. The number of nitriles is 1. The average molecular weight is 407 g/mol. The second kappa shape index (κ2) is 8.57. The first-order valence-electron chi connectivity index (χ1n) is 9.06. The van der Waals surface area contributed by atoms with E-state index in [9.17, 15) is 24.3 Å². The van der Waals surface area contributed by atoms with Crippen molar-refractivity contribution < 1.29 is 19.0 Å². The van der Waals surface area contributed by atoms with Crippen molar-refractivity contribution in [3.63, 3.8) is 0 Å². The third-order valence-electron chi connectivity index (χ3n) is 4.62. The smallest absolute Gasteiger partial charge is 0.271 e. The van der Waals surface area contributed by atoms with Crippen LogP contribution in [-0.2, 0) is 6.54 Å². The molecular formula is C22H18FN3O4. The predicted molar refractivity (Wildman–Crippen MR) is 106 cm³/mol. The molecule has 7 nitrogen and oxygen atoms in total. The number of carbonyl (C=O) groups is 1. The number of hydrogen-bond donors (Lipinski definition) is 1. The van der Waals surface area contributed by atoms with Crippen LogP contribution in [0.1, 0.15) is 34.0 Å². The van der Waals surface area contributed by atoms with Gasteiger partial charge in [0.2, 0.25) is 11.7 Å². The monoisotopic (exact) mass is 407 g/mol. The van der Waals surface area contributed by atoms with Crippen molar-refractivity contribution in [3.05, 3.63) is 87.2 Å². The molecule has 1 atom stereocenters. The van der Waals surface area contributed by atoms with Crippen LogP contribution in [0, 0.1) is 24.1 Å². The van der Waals surface area contributed by atoms with Crippen molar-refractivity contribution in [2.45, 2.75) is 26.5 Å². The molecule has 152 valence electrons. The Bertz CT molecular complexity index is 1200. The Hall–Kier alpha value is -3.99. The second-order valence-electron chi connectivity index (χ2n) is 6.62. The molecule has 0 saturated heterocycles. The molecule has 0 radical (unpaired) electrons. The molecule has 2 aromatic heterocycles. The highest BCUT2D eigenvalue weighted by molar-refractivity contribution is 6.03. The highest BCUT2D eigenvalue weighted by Gasteiger charge is 2.28. The van der Waals surface area contributed by atoms with Gasteiger partial charge in [-0.2, -0.15) is 5.26 Å². The molecule has 0 aliphatic heterocycles. The summed E-state index contributed by atoms with van der Waals surface area (Å²) in [6, 6.07) is 10.7. The summed E-state index contributed by atoms with van der Waals surface area (Å²) in [4.78, 5) is 29.7. The lowest BCUT2D eigenvalue weighted by molar-refractivity contribution is 0.0807. The maximum absolute atomic E-state index is 13.9. The van der Waals surface area contributed by atoms with Crippen LogP contribution >= 0.6 is 0 Å². The van der Waals surface area contributed by atoms with Crippen LogP contribution in [0.2, 0.25) is 0 Å². The van der Waals surface area contributed by atoms with Gasteiger partial charge in [0, 0.05) is 12.4 Å². The number of carbonyl (C=O) groups excluding carboxylic acids is 1. The second-order valence-corrected chi connectivity index (χ2v) is 6.62. The van der Waals surface area contributed by atoms with Crippen molar-refractivity contribution in [2.24, 2.45) is 0 Å². The number of pyridine rings is 2. The van der Waals surface area contributed by atoms with Crippen molar-refractivity contribution in [1.29, 1.82) is 5.26 Å². The molecule has 0 aliphatic rings. The summed E-state index contributed by atoms with van der Waals surface area (Å²) in [7, 11) is 0. The van der Waals surface area contributed by atoms with Gasteiger partial charge in [-0.1, -0.05) is 18.2 Å². The number of hydrogen-bond acceptors (Lipinski definition) is 6. The molecule has 1 unspecified atom stereocenters. The predicted octanol–water partition coefficient (Wildman–Crippen LogP) is 2.97. The molecule has 0 fully saturated rings. The van der Waals surface area contributed by atoms with Crippen molar-refractivity contribution in [2.75, 3.05) is 0 Å². The number of para-hydroxylation sites is 1. The minimum atomic E-state index is -1.18. The number of aromatic hydroxyl groups is 1. The Labute approximate surface area is 171 Å². The van der Waals surface area contributed by atoms with Gasteiger partial charge >= 0.3 is 0 Å². The van der Waals surface area contributed by atoms with E-state index in [0.29, 0.717) is 5.56 Å². The average Bonchev–Trinajstić information content (AvgIpc) is 2.74. The first kappa shape index (κ1) is 20.7. The molecule has 8 heteroatoms. The van der Waals surface area contributed by atoms with Crippen LogP contribution in [0.25, 0.3) is 0 Å². The van der Waals surface area contributed by atoms with Crippen LogP contribution in [0.15, 0.2) is 53.6 Å². The zero-order chi connectivity index (χ0) is 21.8. The molecule has 1 N–H and O–H groups in total. The van der Waals surface area contributed by atoms with E-state index >= 15 is 0 Å². The van der Waals surface area contributed by atoms with E-state index in [2.05, 4.69) is 4.98 Å². The summed E-state index contributed by atoms with van der Waals surface area (Å²) in [5, 5.41) is 20.2. The molecule has 1 aromatic carbocycles. The summed E-state index contributed by atoms with van der Waals surface area (Å²) >= 11 is 0. The fraction of sp³-hybridized carbons (Fsp3) is 0.182. The fourth-order valence-electron chi connectivity index (χ4n) is 3.05. The van der Waals surface area contributed by atoms with E-state index in [1.807, 2.05) is 0 Å². The van der Waals surface area contributed by atoms with Gasteiger partial charge in [-0.25, -0.2) is 4.39 Å². The van der Waals surface area contributed by atoms with Crippen LogP contribution in [0.3, 0.4) is 0 Å². The van der Waals surface area contributed by atoms with Gasteiger partial charge in [0.25, 0.3) is 5.56 Å². The Balaban J connectivity index is 2.06. The van der Waals surface area contributed by atoms with Gasteiger partial charge < -0.3 is 9.84 Å². The Morgan fingerprint density at radius 3 is 2.70 bits per heavy atom. The number of aromatic nitrogens is 2. The largest absolute Gasteiger partial charge is 0.494 e. The van der Waals surface area contributed by atoms with Crippen molar-refractivity contribution in [1.82, 2.24) is 9.55 Å². The number of rotatable bonds is 6. The van der Waals surface area contributed by atoms with E-state index in [4.69, 9.17) is 4.74 Å². The third kappa shape index (κ3) is 3.91. The summed E-state index contributed by atoms with van der Waals surface area (Å²) in [5.74, 6) is -2.05. The van der Waals surface area contributed by atoms with Crippen LogP contribution in [0.5, 0.6) is 11.6 Å². The van der Waals surface area contributed by atoms with E-state index < -0.39 is 29.1 Å². The van der Waals surface area contributed by atoms with Gasteiger partial charge in [0.15, 0.2) is 17.7 Å². The molecule has 0 bridgehead atoms. The maximum Gasteiger partial charge on any atom is 0.271 e. The minimum Gasteiger partial charge on any atom is -0.494 e. The summed E-state index contributed by atoms with van der Waals surface area (Å²) in [5.41, 5.74) is -0.583. The van der Waals surface area contributed by atoms with E-state index in [-0.39, 0.29) is 29.0 Å². The number of Topliss-reactive ketones (excluding diaryl/α,β-unsaturated/α-hetero) is 1. The van der Waals surface area contributed by atoms with Gasteiger partial charge in [-0.05, 0) is 43.2 Å². The van der Waals surface area contributed by atoms with Crippen molar-refractivity contribution in [3.8, 4) is 17.7 Å². The van der Waals surface area contributed by atoms with Crippen LogP contribution in [-0.4, -0.2) is 26.5 Å². The normalized spacial score (nSPS) is 11.5. The Morgan fingerprint density at radius 1 is 1.33 bits per heavy atom. The van der Waals surface area contributed by atoms with E-state index in [1.54, 1.807) is 30.5 Å². The highest BCUT2D eigenvalue weighted by atomic mass is 19.1. The topological polar surface area (TPSA) is 105 Å². The maximum atomic E-state index is 13.9. The van der Waals surface area contributed by atoms with Gasteiger partial charge in [0.1, 0.15) is 11.6 Å². The van der Waals surface area contributed by atoms with Gasteiger partial charge in [0.05, 0.1) is 12.1 Å². The minimum absolute atomic E-state index is 0.0384. The third-order valence-corrected chi connectivity index (χ3v) is 4.62. The standard InChI is InChI=1S/C22H18FN3O4/c1-13-16(10-24)21(28)26(12-15-6-5-9-25-11-15)22(29)19(13)20(27)14(2)30-18-8-4-3-7-17(18)23/h3-9,11,14,29H,12H2,1-2H3. The number of ketones is 1. The van der Waals surface area contributed by atoms with Crippen LogP contribution < -0.4 is 10.3 Å². The summed E-state index contributed by atoms with van der Waals surface area (Å²) in [6.07, 6.45) is 1.88. The first-order valence-corrected chi connectivity index (χ1v) is 9.06. The summed E-state index contributed by atoms with van der Waals surface area (Å²) < 4.78 is 20.2. The van der Waals surface area contributed by atoms with E-state index in [0.717, 1.165) is 4.57 Å². The molecule has 30 heavy (non-hydrogen) atoms. The number of nitrogens with zero attached hydrogens (tertiary/aromatic N) is 3. The molecule has 3 aromatic rings. The fourth-order valence-corrected chi connectivity index (χ4v) is 3.05. The zero-order valence-electron chi connectivity index (χ0n) is 16.3. The van der Waals surface area contributed by atoms with Crippen LogP contribution in [0.4, 0.5) is 4.39 Å². The molecular weight excluding hydrogens is 389 g/mol. The molecule has 0 aliphatic carbocycles. The molecule has 0 spiro atoms. The first-order chi connectivity index (χ1) is 14.3. The number of halogens is 1. The van der Waals surface area contributed by atoms with Gasteiger partial charge in [-0.3, -0.25) is 19.1 Å². The lowest BCUT2D eigenvalue weighted by Crippen LogP contribution is -2.31. The quantitative estimate of drug-likeness (QED) is 0.630. The zero-order valence-corrected chi connectivity index (χ0v) is 16.3. The lowest BCUT2D eigenvalue weighted by atomic mass is 9.99. The lowest BCUT2D eigenvalue weighted by Gasteiger charge is -2.19. The Morgan fingerprint density at radius 2 is 2.07 bits per heavy atom. The SMILES string of the molecule is Cc1c(C(=O)C(C)Oc2ccccc2F)c(O)n(Cc2cccnc2)c(=O)c1C#N. The summed E-state index contributed by atoms with van der Waals surface area (Å²) in [6.45, 7) is 2.71. The number of ether oxygens (including phenoxy) is 1. The highest BCUT2D eigenvalue weighted by Crippen LogP contribution is 2.26. The Kier molecular flexibility index (Phi) is 5.93. The molecule has 0 amide bonds. The molecule has 0 saturated carbocycles. The van der Waals surface area contributed by atoms with E-state index in [1.165, 1.54) is 38.2 Å². The van der Waals surface area contributed by atoms with Gasteiger partial charge in [-0.15, -0.1) is 0 Å². The number of benzene rings is 1.